The van der Waals surface area contributed by atoms with Gasteiger partial charge in [0.1, 0.15) is 0 Å². The lowest BCUT2D eigenvalue weighted by molar-refractivity contribution is -0.131. The van der Waals surface area contributed by atoms with Crippen LogP contribution in [-0.2, 0) is 11.3 Å². The maximum atomic E-state index is 12.1. The Labute approximate surface area is 116 Å². The molecule has 1 aromatic rings. The normalized spacial score (nSPS) is 16.6. The highest BCUT2D eigenvalue weighted by Gasteiger charge is 2.22. The number of nitrogens with two attached hydrogens (primary N) is 1. The quantitative estimate of drug-likeness (QED) is 0.843. The molecule has 0 aliphatic carbocycles. The average Bonchev–Trinajstić information content (AvgIpc) is 3.05. The summed E-state index contributed by atoms with van der Waals surface area (Å²) >= 11 is 1.48. The van der Waals surface area contributed by atoms with Crippen molar-refractivity contribution in [2.75, 3.05) is 13.1 Å². The number of carbonyl (C=O) groups excluding carboxylic acids is 2. The van der Waals surface area contributed by atoms with E-state index in [1.807, 2.05) is 11.8 Å². The molecule has 2 rings (SSSR count). The van der Waals surface area contributed by atoms with Gasteiger partial charge in [-0.25, -0.2) is 0 Å². The molecule has 0 radical (unpaired) electrons. The van der Waals surface area contributed by atoms with Gasteiger partial charge >= 0.3 is 0 Å². The second kappa shape index (κ2) is 6.16. The van der Waals surface area contributed by atoms with E-state index in [4.69, 9.17) is 5.73 Å². The third-order valence-corrected chi connectivity index (χ3v) is 4.25. The van der Waals surface area contributed by atoms with Crippen molar-refractivity contribution in [1.82, 2.24) is 10.2 Å². The molecule has 1 aromatic heterocycles. The molecule has 104 valence electrons. The molecular formula is C13H19N3O2S. The molecule has 0 spiro atoms. The molecule has 1 aliphatic heterocycles. The van der Waals surface area contributed by atoms with Gasteiger partial charge in [-0.15, -0.1) is 11.3 Å². The number of nitrogens with one attached hydrogen (secondary N) is 1. The number of amides is 2. The highest BCUT2D eigenvalue weighted by atomic mass is 32.1. The van der Waals surface area contributed by atoms with Gasteiger partial charge in [0.15, 0.2) is 0 Å². The monoisotopic (exact) mass is 281 g/mol. The van der Waals surface area contributed by atoms with E-state index >= 15 is 0 Å². The van der Waals surface area contributed by atoms with Gasteiger partial charge in [0.25, 0.3) is 0 Å². The van der Waals surface area contributed by atoms with Crippen molar-refractivity contribution >= 4 is 23.2 Å². The molecule has 1 fully saturated rings. The molecule has 0 saturated carbocycles. The Balaban J connectivity index is 1.83. The molecule has 5 nitrogen and oxygen atoms in total. The van der Waals surface area contributed by atoms with Gasteiger partial charge in [-0.2, -0.15) is 0 Å². The van der Waals surface area contributed by atoms with Gasteiger partial charge in [0.2, 0.25) is 11.8 Å². The Hall–Kier alpha value is -1.40. The molecule has 1 atom stereocenters. The molecule has 6 heteroatoms. The van der Waals surface area contributed by atoms with Crippen LogP contribution in [0.4, 0.5) is 0 Å². The Morgan fingerprint density at radius 1 is 1.47 bits per heavy atom. The average molecular weight is 281 g/mol. The van der Waals surface area contributed by atoms with Crippen LogP contribution < -0.4 is 11.1 Å². The number of rotatable bonds is 5. The van der Waals surface area contributed by atoms with Crippen LogP contribution in [0.1, 0.15) is 35.0 Å². The Bertz CT molecular complexity index is 466. The van der Waals surface area contributed by atoms with E-state index in [9.17, 15) is 9.59 Å². The fourth-order valence-electron chi connectivity index (χ4n) is 2.15. The van der Waals surface area contributed by atoms with Gasteiger partial charge in [-0.05, 0) is 25.8 Å². The zero-order valence-electron chi connectivity index (χ0n) is 11.0. The largest absolute Gasteiger partial charge is 0.366 e. The van der Waals surface area contributed by atoms with Crippen molar-refractivity contribution in [2.45, 2.75) is 32.4 Å². The van der Waals surface area contributed by atoms with E-state index in [2.05, 4.69) is 5.32 Å². The smallest absolute Gasteiger partial charge is 0.249 e. The number of hydrogen-bond donors (Lipinski definition) is 2. The van der Waals surface area contributed by atoms with Crippen LogP contribution in [0.25, 0.3) is 0 Å². The highest BCUT2D eigenvalue weighted by Crippen LogP contribution is 2.14. The van der Waals surface area contributed by atoms with Gasteiger partial charge in [0.05, 0.1) is 11.6 Å². The van der Waals surface area contributed by atoms with E-state index in [0.29, 0.717) is 12.1 Å². The van der Waals surface area contributed by atoms with E-state index < -0.39 is 5.91 Å². The summed E-state index contributed by atoms with van der Waals surface area (Å²) in [7, 11) is 0. The first-order valence-corrected chi connectivity index (χ1v) is 7.35. The molecule has 2 heterocycles. The van der Waals surface area contributed by atoms with Crippen molar-refractivity contribution in [3.8, 4) is 0 Å². The van der Waals surface area contributed by atoms with Crippen LogP contribution in [0.2, 0.25) is 0 Å². The molecule has 19 heavy (non-hydrogen) atoms. The lowest BCUT2D eigenvalue weighted by atomic mass is 10.2. The summed E-state index contributed by atoms with van der Waals surface area (Å²) < 4.78 is 0. The van der Waals surface area contributed by atoms with Crippen LogP contribution in [0.3, 0.4) is 0 Å². The molecule has 3 N–H and O–H groups in total. The number of nitrogens with zero attached hydrogens (tertiary/aromatic N) is 1. The van der Waals surface area contributed by atoms with E-state index in [0.717, 1.165) is 30.8 Å². The van der Waals surface area contributed by atoms with Gasteiger partial charge in [0, 0.05) is 29.9 Å². The van der Waals surface area contributed by atoms with Crippen LogP contribution in [0, 0.1) is 0 Å². The summed E-state index contributed by atoms with van der Waals surface area (Å²) in [5.41, 5.74) is 5.73. The molecule has 0 aromatic carbocycles. The summed E-state index contributed by atoms with van der Waals surface area (Å²) in [5, 5.41) is 4.94. The topological polar surface area (TPSA) is 75.4 Å². The Morgan fingerprint density at radius 2 is 2.16 bits per heavy atom. The van der Waals surface area contributed by atoms with Crippen molar-refractivity contribution in [3.05, 3.63) is 21.9 Å². The molecule has 1 aliphatic rings. The number of thiophene rings is 1. The Kier molecular flexibility index (Phi) is 4.55. The third-order valence-electron chi connectivity index (χ3n) is 3.31. The zero-order chi connectivity index (χ0) is 13.8. The van der Waals surface area contributed by atoms with Gasteiger partial charge in [-0.3, -0.25) is 9.59 Å². The lowest BCUT2D eigenvalue weighted by Gasteiger charge is -2.20. The molecule has 1 saturated heterocycles. The maximum absolute atomic E-state index is 12.1. The van der Waals surface area contributed by atoms with Crippen LogP contribution >= 0.6 is 11.3 Å². The van der Waals surface area contributed by atoms with Crippen molar-refractivity contribution in [1.29, 1.82) is 0 Å². The third kappa shape index (κ3) is 3.54. The predicted molar refractivity (Wildman–Crippen MR) is 75.0 cm³/mol. The molecule has 2 amide bonds. The second-order valence-electron chi connectivity index (χ2n) is 4.80. The van der Waals surface area contributed by atoms with Crippen molar-refractivity contribution in [3.63, 3.8) is 0 Å². The summed E-state index contributed by atoms with van der Waals surface area (Å²) in [6.07, 6.45) is 2.21. The summed E-state index contributed by atoms with van der Waals surface area (Å²) in [5.74, 6) is -0.257. The fraction of sp³-hybridized carbons (Fsp3) is 0.538. The summed E-state index contributed by atoms with van der Waals surface area (Å²) in [6.45, 7) is 4.20. The van der Waals surface area contributed by atoms with Gasteiger partial charge < -0.3 is 16.0 Å². The van der Waals surface area contributed by atoms with Crippen LogP contribution in [0.15, 0.2) is 11.4 Å². The maximum Gasteiger partial charge on any atom is 0.249 e. The number of hydrogen-bond acceptors (Lipinski definition) is 4. The fourth-order valence-corrected chi connectivity index (χ4v) is 2.98. The van der Waals surface area contributed by atoms with Gasteiger partial charge in [-0.1, -0.05) is 0 Å². The first-order chi connectivity index (χ1) is 9.08. The second-order valence-corrected chi connectivity index (χ2v) is 5.80. The molecular weight excluding hydrogens is 262 g/mol. The molecule has 1 unspecified atom stereocenters. The first kappa shape index (κ1) is 14.0. The molecule has 0 bridgehead atoms. The van der Waals surface area contributed by atoms with Crippen LogP contribution in [0.5, 0.6) is 0 Å². The van der Waals surface area contributed by atoms with E-state index in [1.165, 1.54) is 11.3 Å². The predicted octanol–water partition coefficient (Wildman–Crippen LogP) is 0.947. The minimum Gasteiger partial charge on any atom is -0.366 e. The van der Waals surface area contributed by atoms with Crippen molar-refractivity contribution in [2.24, 2.45) is 5.73 Å². The summed E-state index contributed by atoms with van der Waals surface area (Å²) in [4.78, 5) is 26.0. The Morgan fingerprint density at radius 3 is 2.74 bits per heavy atom. The minimum absolute atomic E-state index is 0.157. The van der Waals surface area contributed by atoms with Crippen LogP contribution in [-0.4, -0.2) is 35.8 Å². The van der Waals surface area contributed by atoms with Crippen molar-refractivity contribution < 1.29 is 9.59 Å². The first-order valence-electron chi connectivity index (χ1n) is 6.47. The number of primary amides is 1. The minimum atomic E-state index is -0.413. The standard InChI is InChI=1S/C13H19N3O2S/c1-9(13(18)16-4-2-3-5-16)15-7-11-6-10(8-19-11)12(14)17/h6,8-9,15H,2-5,7H2,1H3,(H2,14,17). The highest BCUT2D eigenvalue weighted by molar-refractivity contribution is 7.10. The van der Waals surface area contributed by atoms with E-state index in [1.54, 1.807) is 11.4 Å². The number of likely N-dealkylation sites (tertiary alicyclic amines) is 1. The lowest BCUT2D eigenvalue weighted by Crippen LogP contribution is -2.43. The SMILES string of the molecule is CC(NCc1cc(C(N)=O)cs1)C(=O)N1CCCC1. The zero-order valence-corrected chi connectivity index (χ0v) is 11.8. The van der Waals surface area contributed by atoms with E-state index in [-0.39, 0.29) is 11.9 Å². The summed E-state index contributed by atoms with van der Waals surface area (Å²) in [6, 6.07) is 1.57. The number of carbonyl (C=O) groups is 2.